The van der Waals surface area contributed by atoms with Gasteiger partial charge in [-0.3, -0.25) is 4.79 Å². The van der Waals surface area contributed by atoms with E-state index >= 15 is 0 Å². The van der Waals surface area contributed by atoms with Gasteiger partial charge in [0.1, 0.15) is 12.4 Å². The minimum absolute atomic E-state index is 0.00438. The Hall–Kier alpha value is -0.980. The SMILES string of the molecule is CC(=O)SCCC(O)C(O)c1cncnc1. The van der Waals surface area contributed by atoms with Gasteiger partial charge in [0, 0.05) is 30.6 Å². The first-order valence-electron chi connectivity index (χ1n) is 4.85. The highest BCUT2D eigenvalue weighted by atomic mass is 32.2. The first-order chi connectivity index (χ1) is 7.61. The lowest BCUT2D eigenvalue weighted by atomic mass is 10.1. The van der Waals surface area contributed by atoms with E-state index in [4.69, 9.17) is 0 Å². The van der Waals surface area contributed by atoms with E-state index in [1.54, 1.807) is 0 Å². The Bertz CT molecular complexity index is 334. The van der Waals surface area contributed by atoms with Gasteiger partial charge in [-0.05, 0) is 6.42 Å². The first-order valence-corrected chi connectivity index (χ1v) is 5.84. The van der Waals surface area contributed by atoms with Crippen LogP contribution in [0.1, 0.15) is 25.0 Å². The summed E-state index contributed by atoms with van der Waals surface area (Å²) in [6.07, 6.45) is 2.71. The molecule has 6 heteroatoms. The highest BCUT2D eigenvalue weighted by molar-refractivity contribution is 8.13. The van der Waals surface area contributed by atoms with E-state index in [1.165, 1.54) is 25.6 Å². The third kappa shape index (κ3) is 4.26. The minimum Gasteiger partial charge on any atom is -0.390 e. The van der Waals surface area contributed by atoms with Gasteiger partial charge in [-0.1, -0.05) is 11.8 Å². The predicted molar refractivity (Wildman–Crippen MR) is 60.8 cm³/mol. The summed E-state index contributed by atoms with van der Waals surface area (Å²) >= 11 is 1.13. The average Bonchev–Trinajstić information content (AvgIpc) is 2.28. The highest BCUT2D eigenvalue weighted by Crippen LogP contribution is 2.18. The van der Waals surface area contributed by atoms with Crippen LogP contribution in [-0.2, 0) is 4.79 Å². The second-order valence-corrected chi connectivity index (χ2v) is 4.58. The van der Waals surface area contributed by atoms with Crippen molar-refractivity contribution in [1.29, 1.82) is 0 Å². The zero-order valence-electron chi connectivity index (χ0n) is 8.91. The van der Waals surface area contributed by atoms with Gasteiger partial charge in [0.05, 0.1) is 6.10 Å². The normalized spacial score (nSPS) is 14.4. The third-order valence-corrected chi connectivity index (χ3v) is 2.85. The number of rotatable bonds is 5. The summed E-state index contributed by atoms with van der Waals surface area (Å²) < 4.78 is 0. The predicted octanol–water partition coefficient (Wildman–Crippen LogP) is 0.541. The van der Waals surface area contributed by atoms with Crippen molar-refractivity contribution in [1.82, 2.24) is 9.97 Å². The number of carbonyl (C=O) groups is 1. The van der Waals surface area contributed by atoms with Crippen LogP contribution < -0.4 is 0 Å². The summed E-state index contributed by atoms with van der Waals surface area (Å²) in [4.78, 5) is 18.2. The molecule has 0 aliphatic carbocycles. The van der Waals surface area contributed by atoms with Crippen molar-refractivity contribution in [3.05, 3.63) is 24.3 Å². The minimum atomic E-state index is -1.01. The molecule has 0 aliphatic heterocycles. The van der Waals surface area contributed by atoms with Crippen LogP contribution in [0, 0.1) is 0 Å². The van der Waals surface area contributed by atoms with E-state index in [2.05, 4.69) is 9.97 Å². The molecule has 1 aromatic rings. The molecular weight excluding hydrogens is 228 g/mol. The van der Waals surface area contributed by atoms with Gasteiger partial charge in [-0.25, -0.2) is 9.97 Å². The van der Waals surface area contributed by atoms with Gasteiger partial charge in [0.15, 0.2) is 5.12 Å². The number of carbonyl (C=O) groups excluding carboxylic acids is 1. The monoisotopic (exact) mass is 242 g/mol. The number of aliphatic hydroxyl groups excluding tert-OH is 2. The number of hydrogen-bond donors (Lipinski definition) is 2. The van der Waals surface area contributed by atoms with Gasteiger partial charge >= 0.3 is 0 Å². The summed E-state index contributed by atoms with van der Waals surface area (Å²) in [5.41, 5.74) is 0.475. The summed E-state index contributed by atoms with van der Waals surface area (Å²) in [5.74, 6) is 0.487. The molecule has 0 saturated carbocycles. The van der Waals surface area contributed by atoms with Gasteiger partial charge < -0.3 is 10.2 Å². The third-order valence-electron chi connectivity index (χ3n) is 2.01. The maximum atomic E-state index is 10.7. The molecule has 0 saturated heterocycles. The average molecular weight is 242 g/mol. The molecular formula is C10H14N2O3S. The molecule has 0 amide bonds. The van der Waals surface area contributed by atoms with Gasteiger partial charge in [0.25, 0.3) is 0 Å². The summed E-state index contributed by atoms with van der Waals surface area (Å²) in [6.45, 7) is 1.47. The lowest BCUT2D eigenvalue weighted by Gasteiger charge is -2.16. The van der Waals surface area contributed by atoms with Gasteiger partial charge in [0.2, 0.25) is 0 Å². The van der Waals surface area contributed by atoms with Gasteiger partial charge in [-0.15, -0.1) is 0 Å². The fourth-order valence-corrected chi connectivity index (χ4v) is 1.81. The molecule has 0 radical (unpaired) electrons. The van der Waals surface area contributed by atoms with Crippen molar-refractivity contribution < 1.29 is 15.0 Å². The van der Waals surface area contributed by atoms with Gasteiger partial charge in [-0.2, -0.15) is 0 Å². The van der Waals surface area contributed by atoms with Crippen LogP contribution in [0.3, 0.4) is 0 Å². The van der Waals surface area contributed by atoms with E-state index in [9.17, 15) is 15.0 Å². The Labute approximate surface area is 97.9 Å². The zero-order valence-corrected chi connectivity index (χ0v) is 9.72. The van der Waals surface area contributed by atoms with Crippen LogP contribution in [0.4, 0.5) is 0 Å². The Kier molecular flexibility index (Phi) is 5.37. The van der Waals surface area contributed by atoms with Crippen LogP contribution in [-0.4, -0.2) is 37.2 Å². The Balaban J connectivity index is 2.42. The van der Waals surface area contributed by atoms with E-state index in [-0.39, 0.29) is 5.12 Å². The van der Waals surface area contributed by atoms with E-state index in [1.807, 2.05) is 0 Å². The topological polar surface area (TPSA) is 83.3 Å². The van der Waals surface area contributed by atoms with Crippen LogP contribution in [0.5, 0.6) is 0 Å². The highest BCUT2D eigenvalue weighted by Gasteiger charge is 2.18. The van der Waals surface area contributed by atoms with E-state index in [0.717, 1.165) is 11.8 Å². The summed E-state index contributed by atoms with van der Waals surface area (Å²) in [6, 6.07) is 0. The maximum absolute atomic E-state index is 10.7. The molecule has 16 heavy (non-hydrogen) atoms. The zero-order chi connectivity index (χ0) is 12.0. The molecule has 2 unspecified atom stereocenters. The van der Waals surface area contributed by atoms with Crippen LogP contribution in [0.25, 0.3) is 0 Å². The van der Waals surface area contributed by atoms with Crippen molar-refractivity contribution in [2.45, 2.75) is 25.6 Å². The molecule has 0 bridgehead atoms. The van der Waals surface area contributed by atoms with Crippen molar-refractivity contribution in [2.24, 2.45) is 0 Å². The summed E-state index contributed by atoms with van der Waals surface area (Å²) in [5, 5.41) is 19.4. The fourth-order valence-electron chi connectivity index (χ4n) is 1.17. The maximum Gasteiger partial charge on any atom is 0.185 e. The first kappa shape index (κ1) is 13.1. The second-order valence-electron chi connectivity index (χ2n) is 3.31. The van der Waals surface area contributed by atoms with Crippen molar-refractivity contribution in [2.75, 3.05) is 5.75 Å². The standard InChI is InChI=1S/C10H14N2O3S/c1-7(13)16-3-2-9(14)10(15)8-4-11-6-12-5-8/h4-6,9-10,14-15H,2-3H2,1H3. The number of nitrogens with zero attached hydrogens (tertiary/aromatic N) is 2. The quantitative estimate of drug-likeness (QED) is 0.784. The van der Waals surface area contributed by atoms with Crippen molar-refractivity contribution in [3.8, 4) is 0 Å². The Morgan fingerprint density at radius 1 is 1.44 bits per heavy atom. The fraction of sp³-hybridized carbons (Fsp3) is 0.500. The van der Waals surface area contributed by atoms with Crippen LogP contribution in [0.15, 0.2) is 18.7 Å². The molecule has 2 atom stereocenters. The number of aliphatic hydroxyl groups is 2. The van der Waals surface area contributed by atoms with Crippen LogP contribution >= 0.6 is 11.8 Å². The summed E-state index contributed by atoms with van der Waals surface area (Å²) in [7, 11) is 0. The van der Waals surface area contributed by atoms with Crippen LogP contribution in [0.2, 0.25) is 0 Å². The molecule has 88 valence electrons. The molecule has 0 aromatic carbocycles. The molecule has 1 heterocycles. The number of thioether (sulfide) groups is 1. The van der Waals surface area contributed by atoms with E-state index < -0.39 is 12.2 Å². The van der Waals surface area contributed by atoms with Crippen molar-refractivity contribution >= 4 is 16.9 Å². The molecule has 0 spiro atoms. The van der Waals surface area contributed by atoms with Crippen molar-refractivity contribution in [3.63, 3.8) is 0 Å². The number of aromatic nitrogens is 2. The molecule has 5 nitrogen and oxygen atoms in total. The smallest absolute Gasteiger partial charge is 0.185 e. The lowest BCUT2D eigenvalue weighted by Crippen LogP contribution is -2.19. The Morgan fingerprint density at radius 3 is 2.62 bits per heavy atom. The van der Waals surface area contributed by atoms with E-state index in [0.29, 0.717) is 17.7 Å². The molecule has 1 aromatic heterocycles. The Morgan fingerprint density at radius 2 is 2.06 bits per heavy atom. The molecule has 0 fully saturated rings. The second kappa shape index (κ2) is 6.57. The number of hydrogen-bond acceptors (Lipinski definition) is 6. The molecule has 0 aliphatic rings. The largest absolute Gasteiger partial charge is 0.390 e. The molecule has 1 rings (SSSR count). The molecule has 2 N–H and O–H groups in total. The lowest BCUT2D eigenvalue weighted by molar-refractivity contribution is -0.109.